The van der Waals surface area contributed by atoms with E-state index in [1.807, 2.05) is 22.9 Å². The standard InChI is InChI=1S/C20H14N4O2S3/c1-24(13-9-16(25)23-19(13)26)18-17-12(14-5-3-7-28-14)10-29-20(17)22-15(21-18)8-11-4-2-6-27-11/h2-7,9-10H,8H2,1H3,(H,23,25,26). The number of carbonyl (C=O) groups is 2. The molecule has 5 rings (SSSR count). The Labute approximate surface area is 178 Å². The third kappa shape index (κ3) is 3.27. The Balaban J connectivity index is 1.69. The van der Waals surface area contributed by atoms with Crippen molar-refractivity contribution in [3.63, 3.8) is 0 Å². The smallest absolute Gasteiger partial charge is 0.274 e. The lowest BCUT2D eigenvalue weighted by molar-refractivity contribution is -0.123. The highest BCUT2D eigenvalue weighted by Crippen LogP contribution is 2.40. The van der Waals surface area contributed by atoms with E-state index in [1.165, 1.54) is 11.0 Å². The van der Waals surface area contributed by atoms with Crippen molar-refractivity contribution < 1.29 is 9.59 Å². The van der Waals surface area contributed by atoms with Crippen LogP contribution in [0.1, 0.15) is 10.7 Å². The van der Waals surface area contributed by atoms with Crippen molar-refractivity contribution in [3.05, 3.63) is 62.9 Å². The molecule has 1 aliphatic heterocycles. The second kappa shape index (κ2) is 7.18. The highest BCUT2D eigenvalue weighted by atomic mass is 32.1. The summed E-state index contributed by atoms with van der Waals surface area (Å²) >= 11 is 4.86. The summed E-state index contributed by atoms with van der Waals surface area (Å²) in [6.45, 7) is 0. The molecule has 9 heteroatoms. The van der Waals surface area contributed by atoms with Gasteiger partial charge in [0.1, 0.15) is 22.2 Å². The van der Waals surface area contributed by atoms with Crippen LogP contribution in [-0.2, 0) is 16.0 Å². The molecule has 0 bridgehead atoms. The van der Waals surface area contributed by atoms with Crippen LogP contribution in [0.4, 0.5) is 5.82 Å². The number of hydrogen-bond donors (Lipinski definition) is 1. The van der Waals surface area contributed by atoms with Crippen LogP contribution in [0.3, 0.4) is 0 Å². The summed E-state index contributed by atoms with van der Waals surface area (Å²) in [6.07, 6.45) is 1.93. The quantitative estimate of drug-likeness (QED) is 0.476. The van der Waals surface area contributed by atoms with Crippen molar-refractivity contribution in [2.24, 2.45) is 0 Å². The number of nitrogens with zero attached hydrogens (tertiary/aromatic N) is 3. The van der Waals surface area contributed by atoms with E-state index in [2.05, 4.69) is 22.8 Å². The topological polar surface area (TPSA) is 75.2 Å². The first-order valence-corrected chi connectivity index (χ1v) is 11.4. The zero-order valence-electron chi connectivity index (χ0n) is 15.2. The van der Waals surface area contributed by atoms with Crippen LogP contribution >= 0.6 is 34.0 Å². The van der Waals surface area contributed by atoms with Crippen LogP contribution in [0, 0.1) is 0 Å². The average Bonchev–Trinajstić information content (AvgIpc) is 3.48. The van der Waals surface area contributed by atoms with Crippen molar-refractivity contribution in [1.82, 2.24) is 15.3 Å². The van der Waals surface area contributed by atoms with Crippen LogP contribution in [0.5, 0.6) is 0 Å². The molecule has 0 fully saturated rings. The van der Waals surface area contributed by atoms with Gasteiger partial charge in [0, 0.05) is 40.2 Å². The predicted molar refractivity (Wildman–Crippen MR) is 117 cm³/mol. The van der Waals surface area contributed by atoms with Gasteiger partial charge in [0.25, 0.3) is 11.8 Å². The molecule has 5 heterocycles. The molecular weight excluding hydrogens is 424 g/mol. The lowest BCUT2D eigenvalue weighted by Crippen LogP contribution is -2.29. The molecule has 144 valence electrons. The summed E-state index contributed by atoms with van der Waals surface area (Å²) in [5.41, 5.74) is 1.32. The Morgan fingerprint density at radius 1 is 1.07 bits per heavy atom. The molecule has 6 nitrogen and oxygen atoms in total. The first-order valence-electron chi connectivity index (χ1n) is 8.75. The lowest BCUT2D eigenvalue weighted by atomic mass is 10.1. The molecule has 1 aliphatic rings. The summed E-state index contributed by atoms with van der Waals surface area (Å²) in [7, 11) is 1.76. The molecule has 0 unspecified atom stereocenters. The molecule has 0 saturated heterocycles. The van der Waals surface area contributed by atoms with E-state index >= 15 is 0 Å². The summed E-state index contributed by atoms with van der Waals surface area (Å²) in [4.78, 5) is 38.4. The van der Waals surface area contributed by atoms with Crippen molar-refractivity contribution in [2.75, 3.05) is 11.9 Å². The number of nitrogens with one attached hydrogen (secondary N) is 1. The van der Waals surface area contributed by atoms with Gasteiger partial charge in [-0.1, -0.05) is 12.1 Å². The first kappa shape index (κ1) is 18.2. The lowest BCUT2D eigenvalue weighted by Gasteiger charge is -2.20. The zero-order valence-corrected chi connectivity index (χ0v) is 17.7. The van der Waals surface area contributed by atoms with E-state index in [-0.39, 0.29) is 5.70 Å². The van der Waals surface area contributed by atoms with Gasteiger partial charge in [-0.05, 0) is 22.9 Å². The third-order valence-corrected chi connectivity index (χ3v) is 7.23. The largest absolute Gasteiger partial charge is 0.324 e. The van der Waals surface area contributed by atoms with Gasteiger partial charge in [0.2, 0.25) is 0 Å². The number of hydrogen-bond acceptors (Lipinski definition) is 8. The number of carbonyl (C=O) groups excluding carboxylic acids is 2. The molecule has 1 N–H and O–H groups in total. The van der Waals surface area contributed by atoms with Crippen LogP contribution in [-0.4, -0.2) is 28.8 Å². The van der Waals surface area contributed by atoms with Gasteiger partial charge in [0.15, 0.2) is 0 Å². The highest BCUT2D eigenvalue weighted by Gasteiger charge is 2.28. The van der Waals surface area contributed by atoms with Crippen LogP contribution < -0.4 is 10.2 Å². The molecule has 0 spiro atoms. The summed E-state index contributed by atoms with van der Waals surface area (Å²) in [6, 6.07) is 8.12. The van der Waals surface area contributed by atoms with Crippen LogP contribution in [0.15, 0.2) is 52.2 Å². The maximum Gasteiger partial charge on any atom is 0.274 e. The Bertz CT molecular complexity index is 1260. The maximum atomic E-state index is 12.2. The Morgan fingerprint density at radius 3 is 2.59 bits per heavy atom. The van der Waals surface area contributed by atoms with E-state index < -0.39 is 11.8 Å². The number of rotatable bonds is 5. The molecule has 4 aromatic heterocycles. The summed E-state index contributed by atoms with van der Waals surface area (Å²) < 4.78 is 0. The second-order valence-electron chi connectivity index (χ2n) is 6.43. The molecule has 29 heavy (non-hydrogen) atoms. The van der Waals surface area contributed by atoms with E-state index in [0.717, 1.165) is 20.7 Å². The Morgan fingerprint density at radius 2 is 1.90 bits per heavy atom. The minimum Gasteiger partial charge on any atom is -0.324 e. The number of imide groups is 1. The second-order valence-corrected chi connectivity index (χ2v) is 9.27. The number of thiophene rings is 3. The SMILES string of the molecule is CN(C1=CC(=O)NC1=O)c1nc(Cc2cccs2)nc2scc(-c3cccs3)c12. The normalized spacial score (nSPS) is 13.8. The predicted octanol–water partition coefficient (Wildman–Crippen LogP) is 4.05. The van der Waals surface area contributed by atoms with E-state index in [1.54, 1.807) is 46.0 Å². The average molecular weight is 439 g/mol. The van der Waals surface area contributed by atoms with Crippen molar-refractivity contribution in [2.45, 2.75) is 6.42 Å². The fraction of sp³-hybridized carbons (Fsp3) is 0.100. The number of aromatic nitrogens is 2. The molecule has 0 radical (unpaired) electrons. The van der Waals surface area contributed by atoms with Gasteiger partial charge in [-0.25, -0.2) is 9.97 Å². The van der Waals surface area contributed by atoms with E-state index in [9.17, 15) is 9.59 Å². The molecule has 0 aliphatic carbocycles. The fourth-order valence-corrected chi connectivity index (χ4v) is 5.71. The van der Waals surface area contributed by atoms with Gasteiger partial charge < -0.3 is 4.90 Å². The van der Waals surface area contributed by atoms with Crippen molar-refractivity contribution >= 4 is 61.9 Å². The number of likely N-dealkylation sites (N-methyl/N-ethyl adjacent to an activating group) is 1. The van der Waals surface area contributed by atoms with Crippen LogP contribution in [0.2, 0.25) is 0 Å². The Hall–Kier alpha value is -2.88. The molecule has 4 aromatic rings. The van der Waals surface area contributed by atoms with Gasteiger partial charge >= 0.3 is 0 Å². The van der Waals surface area contributed by atoms with E-state index in [4.69, 9.17) is 9.97 Å². The van der Waals surface area contributed by atoms with Gasteiger partial charge in [-0.2, -0.15) is 0 Å². The number of anilines is 1. The van der Waals surface area contributed by atoms with Crippen molar-refractivity contribution in [3.8, 4) is 10.4 Å². The van der Waals surface area contributed by atoms with Gasteiger partial charge in [-0.15, -0.1) is 34.0 Å². The Kier molecular flexibility index (Phi) is 4.50. The van der Waals surface area contributed by atoms with Gasteiger partial charge in [-0.3, -0.25) is 14.9 Å². The molecule has 0 aromatic carbocycles. The minimum atomic E-state index is -0.419. The fourth-order valence-electron chi connectivity index (χ4n) is 3.24. The molecule has 0 atom stereocenters. The summed E-state index contributed by atoms with van der Waals surface area (Å²) in [5, 5.41) is 9.33. The van der Waals surface area contributed by atoms with Gasteiger partial charge in [0.05, 0.1) is 5.39 Å². The van der Waals surface area contributed by atoms with E-state index in [0.29, 0.717) is 18.1 Å². The summed E-state index contributed by atoms with van der Waals surface area (Å²) in [5.74, 6) is 0.482. The third-order valence-electron chi connectivity index (χ3n) is 4.58. The monoisotopic (exact) mass is 438 g/mol. The highest BCUT2D eigenvalue weighted by molar-refractivity contribution is 7.18. The first-order chi connectivity index (χ1) is 14.1. The van der Waals surface area contributed by atoms with Crippen molar-refractivity contribution in [1.29, 1.82) is 0 Å². The number of amides is 2. The molecule has 0 saturated carbocycles. The molecule has 2 amide bonds. The number of fused-ring (bicyclic) bond motifs is 1. The molecular formula is C20H14N4O2S3. The van der Waals surface area contributed by atoms with Crippen LogP contribution in [0.25, 0.3) is 20.7 Å². The zero-order chi connectivity index (χ0) is 20.0. The maximum absolute atomic E-state index is 12.2. The minimum absolute atomic E-state index is 0.278.